The lowest BCUT2D eigenvalue weighted by Crippen LogP contribution is -2.26. The molecule has 0 unspecified atom stereocenters. The van der Waals surface area contributed by atoms with Gasteiger partial charge in [-0.25, -0.2) is 4.98 Å². The number of methoxy groups -OCH3 is 2. The van der Waals surface area contributed by atoms with E-state index in [-0.39, 0.29) is 12.5 Å². The Morgan fingerprint density at radius 2 is 1.92 bits per heavy atom. The molecule has 0 spiro atoms. The van der Waals surface area contributed by atoms with Crippen LogP contribution >= 0.6 is 0 Å². The summed E-state index contributed by atoms with van der Waals surface area (Å²) >= 11 is 0. The number of benzene rings is 2. The average Bonchev–Trinajstić information content (AvgIpc) is 3.02. The minimum Gasteiger partial charge on any atom is -0.493 e. The third kappa shape index (κ3) is 3.32. The molecule has 1 aromatic heterocycles. The Morgan fingerprint density at radius 1 is 1.12 bits per heavy atom. The summed E-state index contributed by atoms with van der Waals surface area (Å²) in [5, 5.41) is 2.91. The fourth-order valence-corrected chi connectivity index (χ4v) is 2.54. The third-order valence-electron chi connectivity index (χ3n) is 3.78. The molecule has 1 heterocycles. The molecule has 0 radical (unpaired) electrons. The van der Waals surface area contributed by atoms with Gasteiger partial charge in [-0.2, -0.15) is 0 Å². The predicted molar refractivity (Wildman–Crippen MR) is 91.1 cm³/mol. The maximum absolute atomic E-state index is 12.2. The highest BCUT2D eigenvalue weighted by atomic mass is 16.5. The van der Waals surface area contributed by atoms with Crippen molar-refractivity contribution in [3.8, 4) is 11.5 Å². The number of rotatable bonds is 6. The Bertz CT molecular complexity index is 858. The summed E-state index contributed by atoms with van der Waals surface area (Å²) in [5.41, 5.74) is 2.76. The van der Waals surface area contributed by atoms with Crippen LogP contribution in [0.15, 0.2) is 48.8 Å². The molecule has 0 aliphatic rings. The first kappa shape index (κ1) is 15.9. The van der Waals surface area contributed by atoms with Crippen LogP contribution in [0.1, 0.15) is 5.56 Å². The number of nitrogens with one attached hydrogen (secondary N) is 1. The van der Waals surface area contributed by atoms with E-state index in [4.69, 9.17) is 9.47 Å². The highest BCUT2D eigenvalue weighted by molar-refractivity contribution is 5.80. The smallest absolute Gasteiger partial charge is 0.240 e. The van der Waals surface area contributed by atoms with Gasteiger partial charge >= 0.3 is 0 Å². The molecular weight excluding hydrogens is 306 g/mol. The maximum Gasteiger partial charge on any atom is 0.240 e. The van der Waals surface area contributed by atoms with Crippen molar-refractivity contribution in [1.82, 2.24) is 14.9 Å². The molecule has 0 saturated heterocycles. The van der Waals surface area contributed by atoms with Crippen LogP contribution in [0, 0.1) is 0 Å². The number of hydrogen-bond acceptors (Lipinski definition) is 4. The molecule has 0 aliphatic heterocycles. The molecule has 6 nitrogen and oxygen atoms in total. The van der Waals surface area contributed by atoms with Crippen molar-refractivity contribution in [2.45, 2.75) is 13.1 Å². The lowest BCUT2D eigenvalue weighted by molar-refractivity contribution is -0.121. The second-order valence-corrected chi connectivity index (χ2v) is 5.33. The number of carbonyl (C=O) groups excluding carboxylic acids is 1. The Morgan fingerprint density at radius 3 is 2.71 bits per heavy atom. The number of aromatic nitrogens is 2. The highest BCUT2D eigenvalue weighted by Crippen LogP contribution is 2.27. The summed E-state index contributed by atoms with van der Waals surface area (Å²) in [6.45, 7) is 0.652. The van der Waals surface area contributed by atoms with Crippen molar-refractivity contribution in [2.75, 3.05) is 14.2 Å². The van der Waals surface area contributed by atoms with Crippen molar-refractivity contribution in [1.29, 1.82) is 0 Å². The molecule has 0 saturated carbocycles. The van der Waals surface area contributed by atoms with Crippen LogP contribution in [-0.2, 0) is 17.9 Å². The monoisotopic (exact) mass is 325 g/mol. The first-order chi connectivity index (χ1) is 11.7. The summed E-state index contributed by atoms with van der Waals surface area (Å²) < 4.78 is 12.3. The number of carbonyl (C=O) groups is 1. The Labute approximate surface area is 140 Å². The van der Waals surface area contributed by atoms with Gasteiger partial charge in [0.2, 0.25) is 5.91 Å². The summed E-state index contributed by atoms with van der Waals surface area (Å²) in [5.74, 6) is 1.23. The lowest BCUT2D eigenvalue weighted by atomic mass is 10.2. The molecule has 124 valence electrons. The van der Waals surface area contributed by atoms with Gasteiger partial charge < -0.3 is 19.4 Å². The Balaban J connectivity index is 1.63. The maximum atomic E-state index is 12.2. The average molecular weight is 325 g/mol. The van der Waals surface area contributed by atoms with E-state index in [0.717, 1.165) is 16.6 Å². The predicted octanol–water partition coefficient (Wildman–Crippen LogP) is 2.37. The Kier molecular flexibility index (Phi) is 4.65. The van der Waals surface area contributed by atoms with Crippen molar-refractivity contribution in [3.63, 3.8) is 0 Å². The van der Waals surface area contributed by atoms with Crippen molar-refractivity contribution in [2.24, 2.45) is 0 Å². The third-order valence-corrected chi connectivity index (χ3v) is 3.78. The molecule has 2 aromatic carbocycles. The standard InChI is InChI=1S/C18H19N3O3/c1-23-16-8-7-13(9-17(16)24-2)10-19-18(22)11-21-12-20-14-5-3-4-6-15(14)21/h3-9,12H,10-11H2,1-2H3,(H,19,22). The molecule has 1 amide bonds. The van der Waals surface area contributed by atoms with Crippen LogP contribution in [0.5, 0.6) is 11.5 Å². The Hall–Kier alpha value is -3.02. The zero-order valence-corrected chi connectivity index (χ0v) is 13.7. The first-order valence-electron chi connectivity index (χ1n) is 7.58. The fourth-order valence-electron chi connectivity index (χ4n) is 2.54. The number of nitrogens with zero attached hydrogens (tertiary/aromatic N) is 2. The van der Waals surface area contributed by atoms with Gasteiger partial charge in [0, 0.05) is 6.54 Å². The van der Waals surface area contributed by atoms with E-state index < -0.39 is 0 Å². The normalized spacial score (nSPS) is 10.6. The largest absolute Gasteiger partial charge is 0.493 e. The van der Waals surface area contributed by atoms with Gasteiger partial charge in [0.25, 0.3) is 0 Å². The quantitative estimate of drug-likeness (QED) is 0.756. The molecule has 24 heavy (non-hydrogen) atoms. The second-order valence-electron chi connectivity index (χ2n) is 5.33. The van der Waals surface area contributed by atoms with Crippen LogP contribution in [0.3, 0.4) is 0 Å². The van der Waals surface area contributed by atoms with Crippen LogP contribution in [0.25, 0.3) is 11.0 Å². The number of para-hydroxylation sites is 2. The molecule has 0 aliphatic carbocycles. The zero-order valence-electron chi connectivity index (χ0n) is 13.7. The van der Waals surface area contributed by atoms with Crippen molar-refractivity contribution < 1.29 is 14.3 Å². The van der Waals surface area contributed by atoms with E-state index in [1.54, 1.807) is 20.5 Å². The van der Waals surface area contributed by atoms with Crippen molar-refractivity contribution in [3.05, 3.63) is 54.4 Å². The van der Waals surface area contributed by atoms with Gasteiger partial charge in [-0.05, 0) is 29.8 Å². The lowest BCUT2D eigenvalue weighted by Gasteiger charge is -2.11. The number of hydrogen-bond donors (Lipinski definition) is 1. The SMILES string of the molecule is COc1ccc(CNC(=O)Cn2cnc3ccccc32)cc1OC. The van der Waals surface area contributed by atoms with E-state index in [2.05, 4.69) is 10.3 Å². The summed E-state index contributed by atoms with van der Waals surface area (Å²) in [4.78, 5) is 16.5. The van der Waals surface area contributed by atoms with Gasteiger partial charge in [-0.1, -0.05) is 18.2 Å². The van der Waals surface area contributed by atoms with E-state index in [1.807, 2.05) is 47.0 Å². The number of fused-ring (bicyclic) bond motifs is 1. The minimum atomic E-state index is -0.0760. The number of ether oxygens (including phenoxy) is 2. The van der Waals surface area contributed by atoms with Crippen LogP contribution in [0.4, 0.5) is 0 Å². The van der Waals surface area contributed by atoms with Gasteiger partial charge in [0.1, 0.15) is 6.54 Å². The summed E-state index contributed by atoms with van der Waals surface area (Å²) in [6.07, 6.45) is 1.68. The number of amides is 1. The topological polar surface area (TPSA) is 65.4 Å². The molecule has 0 bridgehead atoms. The number of imidazole rings is 1. The minimum absolute atomic E-state index is 0.0760. The molecule has 0 fully saturated rings. The molecular formula is C18H19N3O3. The highest BCUT2D eigenvalue weighted by Gasteiger charge is 2.08. The van der Waals surface area contributed by atoms with E-state index in [9.17, 15) is 4.79 Å². The van der Waals surface area contributed by atoms with Crippen LogP contribution in [-0.4, -0.2) is 29.7 Å². The van der Waals surface area contributed by atoms with E-state index >= 15 is 0 Å². The molecule has 3 aromatic rings. The molecule has 1 N–H and O–H groups in total. The van der Waals surface area contributed by atoms with Gasteiger partial charge in [0.05, 0.1) is 31.6 Å². The summed E-state index contributed by atoms with van der Waals surface area (Å²) in [6, 6.07) is 13.3. The fraction of sp³-hybridized carbons (Fsp3) is 0.222. The van der Waals surface area contributed by atoms with Gasteiger partial charge in [0.15, 0.2) is 11.5 Å². The molecule has 6 heteroatoms. The molecule has 3 rings (SSSR count). The van der Waals surface area contributed by atoms with Gasteiger partial charge in [-0.15, -0.1) is 0 Å². The first-order valence-corrected chi connectivity index (χ1v) is 7.58. The van der Waals surface area contributed by atoms with Crippen LogP contribution < -0.4 is 14.8 Å². The zero-order chi connectivity index (χ0) is 16.9. The van der Waals surface area contributed by atoms with Gasteiger partial charge in [-0.3, -0.25) is 4.79 Å². The van der Waals surface area contributed by atoms with E-state index in [0.29, 0.717) is 18.0 Å². The molecule has 0 atom stereocenters. The van der Waals surface area contributed by atoms with Crippen molar-refractivity contribution >= 4 is 16.9 Å². The van der Waals surface area contributed by atoms with E-state index in [1.165, 1.54) is 0 Å². The van der Waals surface area contributed by atoms with Crippen LogP contribution in [0.2, 0.25) is 0 Å². The summed E-state index contributed by atoms with van der Waals surface area (Å²) in [7, 11) is 3.18. The second kappa shape index (κ2) is 7.04.